The highest BCUT2D eigenvalue weighted by molar-refractivity contribution is 7.11. The largest absolute Gasteiger partial charge is 0.386 e. The smallest absolute Gasteiger partial charge is 0.225 e. The van der Waals surface area contributed by atoms with Gasteiger partial charge >= 0.3 is 0 Å². The molecule has 0 spiro atoms. The van der Waals surface area contributed by atoms with Crippen LogP contribution >= 0.6 is 11.3 Å². The maximum atomic E-state index is 12.1. The van der Waals surface area contributed by atoms with Crippen LogP contribution in [-0.4, -0.2) is 51.2 Å². The van der Waals surface area contributed by atoms with Gasteiger partial charge in [-0.15, -0.1) is 11.3 Å². The van der Waals surface area contributed by atoms with Crippen LogP contribution in [0.25, 0.3) is 0 Å². The number of anilines is 1. The maximum absolute atomic E-state index is 12.1. The summed E-state index contributed by atoms with van der Waals surface area (Å²) in [4.78, 5) is 27.7. The third-order valence-corrected chi connectivity index (χ3v) is 5.21. The molecule has 2 aromatic rings. The Bertz CT molecular complexity index is 721. The Labute approximate surface area is 144 Å². The number of carbonyl (C=O) groups is 1. The highest BCUT2D eigenvalue weighted by Gasteiger charge is 2.37. The second-order valence-corrected chi connectivity index (χ2v) is 7.44. The average molecular weight is 347 g/mol. The number of nitrogens with zero attached hydrogens (tertiary/aromatic N) is 4. The van der Waals surface area contributed by atoms with E-state index < -0.39 is 5.60 Å². The van der Waals surface area contributed by atoms with Crippen molar-refractivity contribution in [1.29, 1.82) is 0 Å². The number of aromatic nitrogens is 3. The third kappa shape index (κ3) is 3.88. The van der Waals surface area contributed by atoms with E-state index in [1.807, 2.05) is 18.7 Å². The number of amides is 1. The average Bonchev–Trinajstić information content (AvgIpc) is 3.10. The molecular weight excluding hydrogens is 326 g/mol. The molecule has 0 bridgehead atoms. The van der Waals surface area contributed by atoms with Crippen molar-refractivity contribution >= 4 is 23.1 Å². The van der Waals surface area contributed by atoms with Crippen LogP contribution in [0.2, 0.25) is 0 Å². The number of thiazole rings is 1. The van der Waals surface area contributed by atoms with Crippen LogP contribution in [0.3, 0.4) is 0 Å². The fourth-order valence-corrected chi connectivity index (χ4v) is 3.80. The lowest BCUT2D eigenvalue weighted by Crippen LogP contribution is -2.45. The van der Waals surface area contributed by atoms with E-state index in [1.165, 1.54) is 11.3 Å². The van der Waals surface area contributed by atoms with Gasteiger partial charge in [-0.05, 0) is 20.3 Å². The Hall–Kier alpha value is -2.06. The van der Waals surface area contributed by atoms with Crippen LogP contribution in [0.4, 0.5) is 5.82 Å². The number of hydrogen-bond acceptors (Lipinski definition) is 7. The van der Waals surface area contributed by atoms with Gasteiger partial charge in [-0.1, -0.05) is 0 Å². The minimum Gasteiger partial charge on any atom is -0.386 e. The van der Waals surface area contributed by atoms with Gasteiger partial charge in [0, 0.05) is 36.9 Å². The zero-order valence-electron chi connectivity index (χ0n) is 13.8. The van der Waals surface area contributed by atoms with Crippen LogP contribution in [0.1, 0.15) is 22.0 Å². The summed E-state index contributed by atoms with van der Waals surface area (Å²) in [5.41, 5.74) is -0.0349. The second-order valence-electron chi connectivity index (χ2n) is 6.15. The van der Waals surface area contributed by atoms with E-state index >= 15 is 0 Å². The fourth-order valence-electron chi connectivity index (χ4n) is 2.86. The Morgan fingerprint density at radius 3 is 2.96 bits per heavy atom. The number of β-amino-alcohol motifs (C(OH)–C–C–N with tert-alkyl or cyclic N) is 1. The summed E-state index contributed by atoms with van der Waals surface area (Å²) in [6.45, 7) is 5.21. The monoisotopic (exact) mass is 347 g/mol. The predicted molar refractivity (Wildman–Crippen MR) is 92.1 cm³/mol. The van der Waals surface area contributed by atoms with Gasteiger partial charge in [0.15, 0.2) is 0 Å². The van der Waals surface area contributed by atoms with Gasteiger partial charge in [0.2, 0.25) is 5.91 Å². The summed E-state index contributed by atoms with van der Waals surface area (Å²) in [5.74, 6) is 0.656. The number of aryl methyl sites for hydroxylation is 2. The summed E-state index contributed by atoms with van der Waals surface area (Å²) in [5, 5.41) is 14.5. The van der Waals surface area contributed by atoms with Crippen LogP contribution < -0.4 is 10.2 Å². The standard InChI is InChI=1S/C16H21N5O2S/c1-11-13(24-12(2)20-11)7-15(22)19-9-16(23)3-6-21(10-16)14-8-17-4-5-18-14/h4-5,8,23H,3,6-7,9-10H2,1-2H3,(H,19,22). The topological polar surface area (TPSA) is 91.2 Å². The van der Waals surface area contributed by atoms with Crippen molar-refractivity contribution in [3.05, 3.63) is 34.2 Å². The summed E-state index contributed by atoms with van der Waals surface area (Å²) in [7, 11) is 0. The molecule has 24 heavy (non-hydrogen) atoms. The molecule has 3 heterocycles. The number of nitrogens with one attached hydrogen (secondary N) is 1. The van der Waals surface area contributed by atoms with E-state index in [-0.39, 0.29) is 12.5 Å². The lowest BCUT2D eigenvalue weighted by atomic mass is 10.0. The van der Waals surface area contributed by atoms with Gasteiger partial charge in [-0.3, -0.25) is 9.78 Å². The third-order valence-electron chi connectivity index (χ3n) is 4.14. The van der Waals surface area contributed by atoms with E-state index in [9.17, 15) is 9.90 Å². The van der Waals surface area contributed by atoms with E-state index in [2.05, 4.69) is 20.3 Å². The van der Waals surface area contributed by atoms with E-state index in [1.54, 1.807) is 18.6 Å². The highest BCUT2D eigenvalue weighted by Crippen LogP contribution is 2.24. The first-order chi connectivity index (χ1) is 11.5. The zero-order valence-corrected chi connectivity index (χ0v) is 14.6. The molecule has 3 rings (SSSR count). The number of hydrogen-bond donors (Lipinski definition) is 2. The molecule has 8 heteroatoms. The van der Waals surface area contributed by atoms with Crippen LogP contribution in [0, 0.1) is 13.8 Å². The minimum absolute atomic E-state index is 0.0897. The van der Waals surface area contributed by atoms with Crippen molar-refractivity contribution in [1.82, 2.24) is 20.3 Å². The van der Waals surface area contributed by atoms with Gasteiger partial charge < -0.3 is 15.3 Å². The van der Waals surface area contributed by atoms with E-state index in [0.29, 0.717) is 25.9 Å². The summed E-state index contributed by atoms with van der Waals surface area (Å²) in [6, 6.07) is 0. The first kappa shape index (κ1) is 16.8. The zero-order chi connectivity index (χ0) is 17.2. The normalized spacial score (nSPS) is 20.4. The second kappa shape index (κ2) is 6.82. The molecule has 1 fully saturated rings. The SMILES string of the molecule is Cc1nc(C)c(CC(=O)NCC2(O)CCN(c3cnccn3)C2)s1. The van der Waals surface area contributed by atoms with Crippen molar-refractivity contribution in [2.45, 2.75) is 32.3 Å². The summed E-state index contributed by atoms with van der Waals surface area (Å²) >= 11 is 1.54. The molecule has 1 aliphatic rings. The maximum Gasteiger partial charge on any atom is 0.225 e. The molecule has 0 radical (unpaired) electrons. The molecule has 1 unspecified atom stereocenters. The molecule has 0 saturated carbocycles. The molecule has 1 saturated heterocycles. The molecule has 2 aromatic heterocycles. The van der Waals surface area contributed by atoms with E-state index in [4.69, 9.17) is 0 Å². The fraction of sp³-hybridized carbons (Fsp3) is 0.500. The lowest BCUT2D eigenvalue weighted by molar-refractivity contribution is -0.121. The molecule has 1 atom stereocenters. The van der Waals surface area contributed by atoms with Gasteiger partial charge in [0.05, 0.1) is 23.3 Å². The van der Waals surface area contributed by atoms with Crippen molar-refractivity contribution in [3.8, 4) is 0 Å². The van der Waals surface area contributed by atoms with Crippen molar-refractivity contribution < 1.29 is 9.90 Å². The Morgan fingerprint density at radius 1 is 1.46 bits per heavy atom. The molecule has 0 aliphatic carbocycles. The Balaban J connectivity index is 1.53. The highest BCUT2D eigenvalue weighted by atomic mass is 32.1. The first-order valence-corrected chi connectivity index (χ1v) is 8.70. The number of rotatable bonds is 5. The van der Waals surface area contributed by atoms with Gasteiger partial charge in [-0.25, -0.2) is 9.97 Å². The molecular formula is C16H21N5O2S. The van der Waals surface area contributed by atoms with Crippen LogP contribution in [0.5, 0.6) is 0 Å². The molecule has 1 amide bonds. The van der Waals surface area contributed by atoms with Crippen LogP contribution in [0.15, 0.2) is 18.6 Å². The van der Waals surface area contributed by atoms with Crippen LogP contribution in [-0.2, 0) is 11.2 Å². The predicted octanol–water partition coefficient (Wildman–Crippen LogP) is 0.850. The van der Waals surface area contributed by atoms with E-state index in [0.717, 1.165) is 21.4 Å². The van der Waals surface area contributed by atoms with Crippen molar-refractivity contribution in [3.63, 3.8) is 0 Å². The van der Waals surface area contributed by atoms with Crippen molar-refractivity contribution in [2.24, 2.45) is 0 Å². The number of carbonyl (C=O) groups excluding carboxylic acids is 1. The van der Waals surface area contributed by atoms with Crippen molar-refractivity contribution in [2.75, 3.05) is 24.5 Å². The summed E-state index contributed by atoms with van der Waals surface area (Å²) < 4.78 is 0. The molecule has 2 N–H and O–H groups in total. The Morgan fingerprint density at radius 2 is 2.29 bits per heavy atom. The van der Waals surface area contributed by atoms with Gasteiger partial charge in [0.25, 0.3) is 0 Å². The first-order valence-electron chi connectivity index (χ1n) is 7.88. The molecule has 0 aromatic carbocycles. The quantitative estimate of drug-likeness (QED) is 0.833. The molecule has 128 valence electrons. The molecule has 1 aliphatic heterocycles. The molecule has 7 nitrogen and oxygen atoms in total. The Kier molecular flexibility index (Phi) is 4.77. The number of aliphatic hydroxyl groups is 1. The van der Waals surface area contributed by atoms with Gasteiger partial charge in [-0.2, -0.15) is 0 Å². The lowest BCUT2D eigenvalue weighted by Gasteiger charge is -2.24. The minimum atomic E-state index is -0.939. The summed E-state index contributed by atoms with van der Waals surface area (Å²) in [6.07, 6.45) is 5.83. The van der Waals surface area contributed by atoms with Gasteiger partial charge in [0.1, 0.15) is 11.4 Å².